The largest absolute Gasteiger partial charge is 0.449 e. The van der Waals surface area contributed by atoms with Crippen LogP contribution in [0.15, 0.2) is 44.8 Å². The maximum atomic E-state index is 12.8. The van der Waals surface area contributed by atoms with E-state index in [4.69, 9.17) is 16.0 Å². The molecule has 0 spiro atoms. The third kappa shape index (κ3) is 3.74. The molecule has 1 aromatic carbocycles. The van der Waals surface area contributed by atoms with Crippen molar-refractivity contribution in [2.45, 2.75) is 38.8 Å². The van der Waals surface area contributed by atoms with Gasteiger partial charge in [-0.2, -0.15) is 0 Å². The van der Waals surface area contributed by atoms with Crippen molar-refractivity contribution >= 4 is 40.0 Å². The summed E-state index contributed by atoms with van der Waals surface area (Å²) in [5, 5.41) is 5.17. The Labute approximate surface area is 162 Å². The lowest BCUT2D eigenvalue weighted by Crippen LogP contribution is -2.12. The van der Waals surface area contributed by atoms with E-state index in [2.05, 4.69) is 16.4 Å². The molecule has 1 unspecified atom stereocenters. The van der Waals surface area contributed by atoms with Gasteiger partial charge in [0.25, 0.3) is 0 Å². The second-order valence-electron chi connectivity index (χ2n) is 6.24. The number of pyridine rings is 1. The molecule has 4 nitrogen and oxygen atoms in total. The van der Waals surface area contributed by atoms with Crippen molar-refractivity contribution in [2.75, 3.05) is 11.1 Å². The van der Waals surface area contributed by atoms with Crippen LogP contribution in [0.4, 0.5) is 5.69 Å². The first-order valence-electron chi connectivity index (χ1n) is 8.49. The van der Waals surface area contributed by atoms with Crippen molar-refractivity contribution < 1.29 is 4.42 Å². The van der Waals surface area contributed by atoms with Crippen LogP contribution < -0.4 is 10.7 Å². The number of halogens is 1. The van der Waals surface area contributed by atoms with Gasteiger partial charge in [0, 0.05) is 11.1 Å². The van der Waals surface area contributed by atoms with Crippen LogP contribution >= 0.6 is 23.4 Å². The van der Waals surface area contributed by atoms with Crippen LogP contribution in [-0.2, 0) is 0 Å². The zero-order valence-corrected chi connectivity index (χ0v) is 16.8. The summed E-state index contributed by atoms with van der Waals surface area (Å²) in [7, 11) is 0. The Kier molecular flexibility index (Phi) is 5.58. The molecule has 2 aromatic heterocycles. The molecule has 3 rings (SSSR count). The summed E-state index contributed by atoms with van der Waals surface area (Å²) in [6, 6.07) is 7.51. The number of hydrogen-bond acceptors (Lipinski definition) is 5. The molecule has 0 saturated heterocycles. The highest BCUT2D eigenvalue weighted by Crippen LogP contribution is 2.31. The molecule has 0 fully saturated rings. The van der Waals surface area contributed by atoms with Gasteiger partial charge in [0.1, 0.15) is 10.7 Å². The summed E-state index contributed by atoms with van der Waals surface area (Å²) in [6.45, 7) is 7.90. The Morgan fingerprint density at radius 2 is 2.08 bits per heavy atom. The summed E-state index contributed by atoms with van der Waals surface area (Å²) in [5.41, 5.74) is 4.18. The first-order valence-corrected chi connectivity index (χ1v) is 9.86. The number of hydrogen-bond donors (Lipinski definition) is 1. The number of thioether (sulfide) groups is 1. The predicted octanol–water partition coefficient (Wildman–Crippen LogP) is 5.74. The zero-order valence-electron chi connectivity index (χ0n) is 15.2. The quantitative estimate of drug-likeness (QED) is 0.446. The summed E-state index contributed by atoms with van der Waals surface area (Å²) >= 11 is 7.40. The maximum Gasteiger partial charge on any atom is 0.196 e. The Hall–Kier alpha value is -1.98. The van der Waals surface area contributed by atoms with E-state index in [1.165, 1.54) is 0 Å². The van der Waals surface area contributed by atoms with Crippen molar-refractivity contribution in [3.63, 3.8) is 0 Å². The Bertz CT molecular complexity index is 999. The highest BCUT2D eigenvalue weighted by atomic mass is 35.5. The number of rotatable bonds is 5. The molecular formula is C20H21ClN2O2S. The summed E-state index contributed by atoms with van der Waals surface area (Å²) in [4.78, 5) is 16.9. The summed E-state index contributed by atoms with van der Waals surface area (Å²) in [6.07, 6.45) is 1.69. The molecule has 1 atom stereocenters. The minimum absolute atomic E-state index is 0.0347. The van der Waals surface area contributed by atoms with Crippen LogP contribution in [0.5, 0.6) is 0 Å². The van der Waals surface area contributed by atoms with Crippen molar-refractivity contribution in [3.05, 3.63) is 62.5 Å². The van der Waals surface area contributed by atoms with Gasteiger partial charge in [-0.1, -0.05) is 36.4 Å². The van der Waals surface area contributed by atoms with E-state index in [-0.39, 0.29) is 11.5 Å². The lowest BCUT2D eigenvalue weighted by atomic mass is 10.0. The predicted molar refractivity (Wildman–Crippen MR) is 110 cm³/mol. The first-order chi connectivity index (χ1) is 12.4. The molecule has 1 N–H and O–H groups in total. The van der Waals surface area contributed by atoms with Crippen molar-refractivity contribution in [1.29, 1.82) is 0 Å². The number of nitrogens with zero attached hydrogens (tertiary/aromatic N) is 1. The molecule has 0 aliphatic rings. The van der Waals surface area contributed by atoms with E-state index >= 15 is 0 Å². The lowest BCUT2D eigenvalue weighted by Gasteiger charge is -2.18. The number of nitrogens with one attached hydrogen (secondary N) is 1. The lowest BCUT2D eigenvalue weighted by molar-refractivity contribution is 0.488. The smallest absolute Gasteiger partial charge is 0.196 e. The molecule has 0 saturated carbocycles. The van der Waals surface area contributed by atoms with Gasteiger partial charge in [-0.05, 0) is 50.3 Å². The molecule has 0 amide bonds. The SMILES string of the molecule is CCSc1oc2c(C(C)Nc3ccc(Cl)nc3)cc(C)cc2c(=O)c1C. The molecule has 26 heavy (non-hydrogen) atoms. The standard InChI is InChI=1S/C20H21ClN2O2S/c1-5-26-20-12(3)18(24)16-9-11(2)8-15(19(16)25-20)13(4)23-14-6-7-17(21)22-10-14/h6-10,13,23H,5H2,1-4H3. The zero-order chi connectivity index (χ0) is 18.8. The Morgan fingerprint density at radius 1 is 1.31 bits per heavy atom. The molecule has 6 heteroatoms. The van der Waals surface area contributed by atoms with E-state index in [9.17, 15) is 4.79 Å². The van der Waals surface area contributed by atoms with E-state index < -0.39 is 0 Å². The summed E-state index contributed by atoms with van der Waals surface area (Å²) < 4.78 is 6.16. The van der Waals surface area contributed by atoms with Crippen LogP contribution in [0.3, 0.4) is 0 Å². The second kappa shape index (κ2) is 7.72. The van der Waals surface area contributed by atoms with Gasteiger partial charge < -0.3 is 9.73 Å². The van der Waals surface area contributed by atoms with Gasteiger partial charge in [-0.25, -0.2) is 4.98 Å². The van der Waals surface area contributed by atoms with Crippen LogP contribution in [0.25, 0.3) is 11.0 Å². The second-order valence-corrected chi connectivity index (χ2v) is 7.87. The summed E-state index contributed by atoms with van der Waals surface area (Å²) in [5.74, 6) is 0.848. The van der Waals surface area contributed by atoms with Gasteiger partial charge in [0.05, 0.1) is 23.3 Å². The first kappa shape index (κ1) is 18.8. The molecule has 3 aromatic rings. The van der Waals surface area contributed by atoms with Crippen LogP contribution in [0.1, 0.15) is 36.6 Å². The average Bonchev–Trinajstić information content (AvgIpc) is 2.61. The van der Waals surface area contributed by atoms with Crippen LogP contribution in [0.2, 0.25) is 5.15 Å². The van der Waals surface area contributed by atoms with Gasteiger partial charge in [-0.3, -0.25) is 4.79 Å². The van der Waals surface area contributed by atoms with Gasteiger partial charge >= 0.3 is 0 Å². The van der Waals surface area contributed by atoms with Gasteiger partial charge in [0.15, 0.2) is 10.5 Å². The van der Waals surface area contributed by atoms with Crippen molar-refractivity contribution in [2.24, 2.45) is 0 Å². The number of benzene rings is 1. The minimum atomic E-state index is -0.0642. The third-order valence-corrected chi connectivity index (χ3v) is 5.36. The highest BCUT2D eigenvalue weighted by molar-refractivity contribution is 7.99. The van der Waals surface area contributed by atoms with Gasteiger partial charge in [0.2, 0.25) is 0 Å². The number of fused-ring (bicyclic) bond motifs is 1. The molecule has 136 valence electrons. The fraction of sp³-hybridized carbons (Fsp3) is 0.300. The molecule has 0 aliphatic heterocycles. The topological polar surface area (TPSA) is 55.1 Å². The highest BCUT2D eigenvalue weighted by Gasteiger charge is 2.18. The van der Waals surface area contributed by atoms with Crippen molar-refractivity contribution in [3.8, 4) is 0 Å². The molecule has 0 aliphatic carbocycles. The van der Waals surface area contributed by atoms with Crippen LogP contribution in [0, 0.1) is 13.8 Å². The van der Waals surface area contributed by atoms with Gasteiger partial charge in [-0.15, -0.1) is 0 Å². The normalized spacial score (nSPS) is 12.3. The Morgan fingerprint density at radius 3 is 2.73 bits per heavy atom. The molecule has 0 bridgehead atoms. The van der Waals surface area contributed by atoms with E-state index in [1.54, 1.807) is 24.0 Å². The molecule has 2 heterocycles. The molecule has 0 radical (unpaired) electrons. The fourth-order valence-electron chi connectivity index (χ4n) is 2.93. The average molecular weight is 389 g/mol. The van der Waals surface area contributed by atoms with E-state index in [1.807, 2.05) is 39.8 Å². The number of aromatic nitrogens is 1. The van der Waals surface area contributed by atoms with Crippen LogP contribution in [-0.4, -0.2) is 10.7 Å². The molecular weight excluding hydrogens is 368 g/mol. The van der Waals surface area contributed by atoms with E-state index in [0.717, 1.165) is 22.6 Å². The number of anilines is 1. The Balaban J connectivity index is 2.11. The monoisotopic (exact) mass is 388 g/mol. The number of aryl methyl sites for hydroxylation is 1. The van der Waals surface area contributed by atoms with Crippen molar-refractivity contribution in [1.82, 2.24) is 4.98 Å². The minimum Gasteiger partial charge on any atom is -0.449 e. The fourth-order valence-corrected chi connectivity index (χ4v) is 3.75. The van der Waals surface area contributed by atoms with E-state index in [0.29, 0.717) is 26.8 Å². The third-order valence-electron chi connectivity index (χ3n) is 4.20. The maximum absolute atomic E-state index is 12.8.